The smallest absolute Gasteiger partial charge is 0.383 e. The van der Waals surface area contributed by atoms with Crippen LogP contribution in [-0.4, -0.2) is 41.8 Å². The van der Waals surface area contributed by atoms with Gasteiger partial charge in [-0.2, -0.15) is 25.9 Å². The van der Waals surface area contributed by atoms with Crippen molar-refractivity contribution in [2.24, 2.45) is 5.14 Å². The van der Waals surface area contributed by atoms with Gasteiger partial charge in [-0.05, 0) is 36.4 Å². The second kappa shape index (κ2) is 8.59. The van der Waals surface area contributed by atoms with Crippen LogP contribution in [0.5, 0.6) is 0 Å². The van der Waals surface area contributed by atoms with Crippen LogP contribution in [0.4, 0.5) is 18.9 Å². The van der Waals surface area contributed by atoms with E-state index in [1.54, 1.807) is 0 Å². The molecule has 0 saturated carbocycles. The number of anilines is 1. The van der Waals surface area contributed by atoms with Crippen LogP contribution in [0.2, 0.25) is 5.02 Å². The number of nitrogens with two attached hydrogens (primary N) is 1. The van der Waals surface area contributed by atoms with Crippen molar-refractivity contribution in [3.8, 4) is 0 Å². The molecule has 2 aromatic heterocycles. The highest BCUT2D eigenvalue weighted by atomic mass is 35.5. The topological polar surface area (TPSA) is 101 Å². The number of alkyl halides is 3. The maximum absolute atomic E-state index is 13.5. The predicted molar refractivity (Wildman–Crippen MR) is 128 cm³/mol. The number of rotatable bonds is 5. The summed E-state index contributed by atoms with van der Waals surface area (Å²) in [6.45, 7) is 0.117. The van der Waals surface area contributed by atoms with Crippen molar-refractivity contribution in [2.45, 2.75) is 18.1 Å². The van der Waals surface area contributed by atoms with E-state index in [0.717, 1.165) is 21.3 Å². The van der Waals surface area contributed by atoms with Gasteiger partial charge in [0.05, 0.1) is 17.1 Å². The van der Waals surface area contributed by atoms with Crippen molar-refractivity contribution in [3.63, 3.8) is 0 Å². The Morgan fingerprint density at radius 1 is 1.06 bits per heavy atom. The molecular weight excluding hydrogens is 503 g/mol. The fraction of sp³-hybridized carbons (Fsp3) is 0.217. The Morgan fingerprint density at radius 2 is 1.83 bits per heavy atom. The second-order valence-electron chi connectivity index (χ2n) is 8.31. The Hall–Kier alpha value is -2.99. The molecule has 2 atom stereocenters. The van der Waals surface area contributed by atoms with Crippen LogP contribution in [-0.2, 0) is 16.4 Å². The molecule has 12 heteroatoms. The normalized spacial score (nSPS) is 19.1. The summed E-state index contributed by atoms with van der Waals surface area (Å²) in [5, 5.41) is 10.0. The monoisotopic (exact) mass is 521 g/mol. The molecule has 0 aliphatic carbocycles. The first-order valence-electron chi connectivity index (χ1n) is 10.6. The molecule has 7 nitrogen and oxygen atoms in total. The highest BCUT2D eigenvalue weighted by Gasteiger charge is 2.46. The highest BCUT2D eigenvalue weighted by molar-refractivity contribution is 7.86. The largest absolute Gasteiger partial charge is 0.433 e. The lowest BCUT2D eigenvalue weighted by molar-refractivity contribution is -0.140. The quantitative estimate of drug-likeness (QED) is 0.401. The Balaban J connectivity index is 1.49. The van der Waals surface area contributed by atoms with Crippen LogP contribution in [0.1, 0.15) is 17.3 Å². The SMILES string of the molecule is NS(=O)(=O)N1CC(c2ccc3ccccc3n2)C1CNc1cc(C(F)(F)F)nc2ccc(Cl)cc12. The lowest BCUT2D eigenvalue weighted by atomic mass is 9.87. The van der Waals surface area contributed by atoms with Gasteiger partial charge in [-0.15, -0.1) is 0 Å². The van der Waals surface area contributed by atoms with Gasteiger partial charge >= 0.3 is 6.18 Å². The van der Waals surface area contributed by atoms with Crippen molar-refractivity contribution in [1.82, 2.24) is 14.3 Å². The van der Waals surface area contributed by atoms with Crippen molar-refractivity contribution >= 4 is 49.3 Å². The van der Waals surface area contributed by atoms with E-state index >= 15 is 0 Å². The fourth-order valence-corrected chi connectivity index (χ4v) is 5.47. The number of nitrogens with zero attached hydrogens (tertiary/aromatic N) is 3. The van der Waals surface area contributed by atoms with Crippen molar-refractivity contribution < 1.29 is 21.6 Å². The number of hydrogen-bond donors (Lipinski definition) is 2. The molecule has 35 heavy (non-hydrogen) atoms. The van der Waals surface area contributed by atoms with Gasteiger partial charge in [-0.1, -0.05) is 35.9 Å². The molecule has 3 heterocycles. The molecule has 2 aromatic carbocycles. The second-order valence-corrected chi connectivity index (χ2v) is 10.2. The van der Waals surface area contributed by atoms with Crippen molar-refractivity contribution in [3.05, 3.63) is 77.1 Å². The average molecular weight is 522 g/mol. The number of benzene rings is 2. The molecule has 0 bridgehead atoms. The summed E-state index contributed by atoms with van der Waals surface area (Å²) in [6, 6.07) is 15.8. The minimum absolute atomic E-state index is 0.00146. The molecule has 2 unspecified atom stereocenters. The van der Waals surface area contributed by atoms with E-state index in [0.29, 0.717) is 16.1 Å². The number of halogens is 4. The van der Waals surface area contributed by atoms with Crippen LogP contribution in [0.25, 0.3) is 21.8 Å². The van der Waals surface area contributed by atoms with Gasteiger partial charge in [-0.25, -0.2) is 10.1 Å². The van der Waals surface area contributed by atoms with E-state index in [-0.39, 0.29) is 30.2 Å². The number of fused-ring (bicyclic) bond motifs is 2. The third kappa shape index (κ3) is 4.64. The molecule has 4 aromatic rings. The van der Waals surface area contributed by atoms with Crippen LogP contribution in [0, 0.1) is 0 Å². The summed E-state index contributed by atoms with van der Waals surface area (Å²) in [5.41, 5.74) is 0.608. The standard InChI is InChI=1S/C23H19ClF3N5O2S/c24-14-6-8-18-15(9-14)20(10-22(31-18)23(25,26)27)29-11-21-16(12-32(21)35(28,33)34)19-7-5-13-3-1-2-4-17(13)30-19/h1-10,16,21H,11-12H2,(H,29,31)(H2,28,33,34). The maximum atomic E-state index is 13.5. The van der Waals surface area contributed by atoms with Crippen molar-refractivity contribution in [2.75, 3.05) is 18.4 Å². The lowest BCUT2D eigenvalue weighted by Gasteiger charge is -2.45. The Labute approximate surface area is 203 Å². The van der Waals surface area contributed by atoms with Crippen molar-refractivity contribution in [1.29, 1.82) is 0 Å². The molecule has 1 aliphatic heterocycles. The first kappa shape index (κ1) is 23.7. The van der Waals surface area contributed by atoms with E-state index in [1.165, 1.54) is 18.2 Å². The van der Waals surface area contributed by atoms with Crippen LogP contribution in [0.3, 0.4) is 0 Å². The van der Waals surface area contributed by atoms with Gasteiger partial charge in [0.2, 0.25) is 0 Å². The fourth-order valence-electron chi connectivity index (χ4n) is 4.33. The van der Waals surface area contributed by atoms with E-state index in [9.17, 15) is 21.6 Å². The molecule has 0 spiro atoms. The summed E-state index contributed by atoms with van der Waals surface area (Å²) < 4.78 is 65.8. The number of para-hydroxylation sites is 1. The summed E-state index contributed by atoms with van der Waals surface area (Å²) in [7, 11) is -4.03. The zero-order chi connectivity index (χ0) is 25.0. The number of aromatic nitrogens is 2. The Kier molecular flexibility index (Phi) is 5.83. The number of pyridine rings is 2. The third-order valence-corrected chi connectivity index (χ3v) is 7.41. The van der Waals surface area contributed by atoms with E-state index < -0.39 is 28.1 Å². The highest BCUT2D eigenvalue weighted by Crippen LogP contribution is 2.37. The van der Waals surface area contributed by atoms with E-state index in [1.807, 2.05) is 36.4 Å². The summed E-state index contributed by atoms with van der Waals surface area (Å²) in [6.07, 6.45) is -4.66. The summed E-state index contributed by atoms with van der Waals surface area (Å²) in [5.74, 6) is -0.302. The van der Waals surface area contributed by atoms with Gasteiger partial charge in [0.15, 0.2) is 0 Å². The van der Waals surface area contributed by atoms with Gasteiger partial charge in [-0.3, -0.25) is 4.98 Å². The van der Waals surface area contributed by atoms with Crippen LogP contribution in [0.15, 0.2) is 60.7 Å². The molecule has 0 radical (unpaired) electrons. The van der Waals surface area contributed by atoms with Crippen LogP contribution < -0.4 is 10.5 Å². The zero-order valence-electron chi connectivity index (χ0n) is 18.0. The first-order chi connectivity index (χ1) is 16.5. The summed E-state index contributed by atoms with van der Waals surface area (Å²) in [4.78, 5) is 8.36. The van der Waals surface area contributed by atoms with Crippen LogP contribution >= 0.6 is 11.6 Å². The van der Waals surface area contributed by atoms with E-state index in [4.69, 9.17) is 16.7 Å². The van der Waals surface area contributed by atoms with E-state index in [2.05, 4.69) is 15.3 Å². The van der Waals surface area contributed by atoms with Gasteiger partial charge in [0.25, 0.3) is 10.2 Å². The molecule has 5 rings (SSSR count). The molecule has 3 N–H and O–H groups in total. The lowest BCUT2D eigenvalue weighted by Crippen LogP contribution is -2.61. The summed E-state index contributed by atoms with van der Waals surface area (Å²) >= 11 is 6.07. The third-order valence-electron chi connectivity index (χ3n) is 6.10. The molecular formula is C23H19ClF3N5O2S. The van der Waals surface area contributed by atoms with Gasteiger partial charge in [0, 0.05) is 46.2 Å². The number of hydrogen-bond acceptors (Lipinski definition) is 5. The molecule has 182 valence electrons. The maximum Gasteiger partial charge on any atom is 0.433 e. The predicted octanol–water partition coefficient (Wildman–Crippen LogP) is 4.54. The molecule has 0 amide bonds. The molecule has 1 fully saturated rings. The molecule has 1 saturated heterocycles. The minimum Gasteiger partial charge on any atom is -0.383 e. The van der Waals surface area contributed by atoms with Gasteiger partial charge < -0.3 is 5.32 Å². The first-order valence-corrected chi connectivity index (χ1v) is 12.5. The zero-order valence-corrected chi connectivity index (χ0v) is 19.6. The number of nitrogens with one attached hydrogen (secondary N) is 1. The van der Waals surface area contributed by atoms with Gasteiger partial charge in [0.1, 0.15) is 5.69 Å². The Bertz CT molecular complexity index is 1550. The Morgan fingerprint density at radius 3 is 2.57 bits per heavy atom. The molecule has 1 aliphatic rings. The average Bonchev–Trinajstić information content (AvgIpc) is 2.77. The minimum atomic E-state index is -4.66.